The maximum absolute atomic E-state index is 14.9. The molecular weight excluding hydrogens is 386 g/mol. The molecule has 2 aromatic carbocycles. The van der Waals surface area contributed by atoms with Gasteiger partial charge >= 0.3 is 0 Å². The minimum absolute atomic E-state index is 0.0935. The molecule has 7 heteroatoms. The number of H-pyrrole nitrogens is 1. The SMILES string of the molecule is Cc1ccnc2c(F)cc(-c3nc4c(=O)cc[nH]c4nc3-c3ccccc3F)cc12. The second kappa shape index (κ2) is 6.81. The zero-order chi connectivity index (χ0) is 20.8. The monoisotopic (exact) mass is 400 g/mol. The molecule has 0 saturated heterocycles. The van der Waals surface area contributed by atoms with Crippen LogP contribution in [0.15, 0.2) is 65.7 Å². The molecule has 0 aliphatic rings. The lowest BCUT2D eigenvalue weighted by molar-refractivity contribution is 0.631. The Morgan fingerprint density at radius 2 is 1.73 bits per heavy atom. The predicted octanol–water partition coefficient (Wildman–Crippen LogP) is 4.79. The van der Waals surface area contributed by atoms with Gasteiger partial charge in [-0.05, 0) is 42.8 Å². The van der Waals surface area contributed by atoms with E-state index in [0.29, 0.717) is 10.9 Å². The van der Waals surface area contributed by atoms with Crippen molar-refractivity contribution in [2.45, 2.75) is 6.92 Å². The minimum Gasteiger partial charge on any atom is -0.345 e. The van der Waals surface area contributed by atoms with E-state index < -0.39 is 11.6 Å². The summed E-state index contributed by atoms with van der Waals surface area (Å²) < 4.78 is 29.5. The van der Waals surface area contributed by atoms with E-state index in [-0.39, 0.29) is 39.1 Å². The fourth-order valence-corrected chi connectivity index (χ4v) is 3.51. The number of fused-ring (bicyclic) bond motifs is 2. The summed E-state index contributed by atoms with van der Waals surface area (Å²) in [6, 6.07) is 12.3. The van der Waals surface area contributed by atoms with Crippen LogP contribution in [-0.4, -0.2) is 19.9 Å². The van der Waals surface area contributed by atoms with Crippen molar-refractivity contribution in [3.05, 3.63) is 88.3 Å². The van der Waals surface area contributed by atoms with Crippen molar-refractivity contribution in [1.29, 1.82) is 0 Å². The minimum atomic E-state index is -0.533. The summed E-state index contributed by atoms with van der Waals surface area (Å²) in [6.45, 7) is 1.85. The van der Waals surface area contributed by atoms with Gasteiger partial charge in [-0.15, -0.1) is 0 Å². The highest BCUT2D eigenvalue weighted by atomic mass is 19.1. The summed E-state index contributed by atoms with van der Waals surface area (Å²) in [4.78, 5) is 28.3. The van der Waals surface area contributed by atoms with Gasteiger partial charge in [-0.2, -0.15) is 0 Å². The summed E-state index contributed by atoms with van der Waals surface area (Å²) in [5, 5.41) is 0.607. The van der Waals surface area contributed by atoms with E-state index in [2.05, 4.69) is 19.9 Å². The van der Waals surface area contributed by atoms with Crippen molar-refractivity contribution in [3.8, 4) is 22.5 Å². The Balaban J connectivity index is 1.91. The summed E-state index contributed by atoms with van der Waals surface area (Å²) >= 11 is 0. The summed E-state index contributed by atoms with van der Waals surface area (Å²) in [5.74, 6) is -1.03. The molecule has 5 aromatic rings. The molecule has 146 valence electrons. The van der Waals surface area contributed by atoms with Crippen LogP contribution in [0.3, 0.4) is 0 Å². The van der Waals surface area contributed by atoms with Crippen LogP contribution in [0.1, 0.15) is 5.56 Å². The first-order valence-electron chi connectivity index (χ1n) is 9.22. The summed E-state index contributed by atoms with van der Waals surface area (Å²) in [5.41, 5.74) is 2.06. The van der Waals surface area contributed by atoms with Gasteiger partial charge in [0.1, 0.15) is 22.8 Å². The Hall–Kier alpha value is -4.00. The average molecular weight is 400 g/mol. The van der Waals surface area contributed by atoms with E-state index >= 15 is 0 Å². The van der Waals surface area contributed by atoms with E-state index in [1.165, 1.54) is 24.4 Å². The normalized spacial score (nSPS) is 11.3. The fraction of sp³-hybridized carbons (Fsp3) is 0.0435. The lowest BCUT2D eigenvalue weighted by atomic mass is 10.00. The maximum atomic E-state index is 14.9. The number of nitrogens with one attached hydrogen (secondary N) is 1. The average Bonchev–Trinajstić information content (AvgIpc) is 2.74. The number of halogens is 2. The van der Waals surface area contributed by atoms with Crippen molar-refractivity contribution in [1.82, 2.24) is 19.9 Å². The van der Waals surface area contributed by atoms with E-state index in [1.54, 1.807) is 36.5 Å². The molecule has 30 heavy (non-hydrogen) atoms. The molecule has 0 fully saturated rings. The van der Waals surface area contributed by atoms with E-state index in [9.17, 15) is 13.6 Å². The van der Waals surface area contributed by atoms with Gasteiger partial charge in [0.15, 0.2) is 11.2 Å². The van der Waals surface area contributed by atoms with Crippen LogP contribution in [0.25, 0.3) is 44.6 Å². The van der Waals surface area contributed by atoms with Gasteiger partial charge in [0.25, 0.3) is 0 Å². The fourth-order valence-electron chi connectivity index (χ4n) is 3.51. The van der Waals surface area contributed by atoms with Crippen LogP contribution in [0.5, 0.6) is 0 Å². The Bertz CT molecular complexity index is 1510. The highest BCUT2D eigenvalue weighted by Crippen LogP contribution is 2.34. The van der Waals surface area contributed by atoms with Crippen LogP contribution in [0.2, 0.25) is 0 Å². The predicted molar refractivity (Wildman–Crippen MR) is 111 cm³/mol. The first-order valence-corrected chi connectivity index (χ1v) is 9.22. The van der Waals surface area contributed by atoms with Crippen LogP contribution in [-0.2, 0) is 0 Å². The highest BCUT2D eigenvalue weighted by molar-refractivity contribution is 5.91. The molecule has 0 atom stereocenters. The third kappa shape index (κ3) is 2.83. The smallest absolute Gasteiger partial charge is 0.209 e. The van der Waals surface area contributed by atoms with E-state index in [1.807, 2.05) is 6.92 Å². The summed E-state index contributed by atoms with van der Waals surface area (Å²) in [7, 11) is 0. The number of benzene rings is 2. The van der Waals surface area contributed by atoms with Gasteiger partial charge in [0, 0.05) is 35.0 Å². The quantitative estimate of drug-likeness (QED) is 0.463. The second-order valence-corrected chi connectivity index (χ2v) is 6.92. The van der Waals surface area contributed by atoms with Crippen molar-refractivity contribution in [3.63, 3.8) is 0 Å². The first kappa shape index (κ1) is 18.1. The molecule has 0 bridgehead atoms. The van der Waals surface area contributed by atoms with E-state index in [0.717, 1.165) is 5.56 Å². The first-order chi connectivity index (χ1) is 14.5. The highest BCUT2D eigenvalue weighted by Gasteiger charge is 2.19. The molecule has 1 N–H and O–H groups in total. The second-order valence-electron chi connectivity index (χ2n) is 6.92. The molecule has 0 unspecified atom stereocenters. The van der Waals surface area contributed by atoms with Crippen LogP contribution >= 0.6 is 0 Å². The Kier molecular flexibility index (Phi) is 4.10. The number of hydrogen-bond donors (Lipinski definition) is 1. The molecule has 0 aliphatic heterocycles. The van der Waals surface area contributed by atoms with Gasteiger partial charge < -0.3 is 4.98 Å². The molecule has 3 aromatic heterocycles. The standard InChI is InChI=1S/C23H14F2N4O/c1-12-6-8-26-20-15(12)10-13(11-17(20)25)19-21(14-4-2-3-5-16(14)24)29-23-22(28-19)18(30)7-9-27-23/h2-11H,1H3,(H,27,29,30). The molecule has 3 heterocycles. The van der Waals surface area contributed by atoms with Gasteiger partial charge in [-0.1, -0.05) is 12.1 Å². The van der Waals surface area contributed by atoms with Crippen LogP contribution in [0, 0.1) is 18.6 Å². The molecule has 0 radical (unpaired) electrons. The molecule has 5 nitrogen and oxygen atoms in total. The van der Waals surface area contributed by atoms with Crippen molar-refractivity contribution in [2.75, 3.05) is 0 Å². The summed E-state index contributed by atoms with van der Waals surface area (Å²) in [6.07, 6.45) is 3.00. The van der Waals surface area contributed by atoms with Gasteiger partial charge in [0.2, 0.25) is 5.43 Å². The molecular formula is C23H14F2N4O. The number of aromatic nitrogens is 4. The molecule has 0 spiro atoms. The number of aryl methyl sites for hydroxylation is 1. The lowest BCUT2D eigenvalue weighted by Crippen LogP contribution is -2.07. The maximum Gasteiger partial charge on any atom is 0.209 e. The molecule has 5 rings (SSSR count). The van der Waals surface area contributed by atoms with Crippen molar-refractivity contribution in [2.24, 2.45) is 0 Å². The zero-order valence-corrected chi connectivity index (χ0v) is 15.8. The Morgan fingerprint density at radius 3 is 2.57 bits per heavy atom. The Morgan fingerprint density at radius 1 is 0.900 bits per heavy atom. The number of pyridine rings is 2. The lowest BCUT2D eigenvalue weighted by Gasteiger charge is -2.12. The van der Waals surface area contributed by atoms with Crippen molar-refractivity contribution >= 4 is 22.1 Å². The van der Waals surface area contributed by atoms with Crippen molar-refractivity contribution < 1.29 is 8.78 Å². The topological polar surface area (TPSA) is 71.5 Å². The van der Waals surface area contributed by atoms with Gasteiger partial charge in [-0.25, -0.2) is 18.7 Å². The van der Waals surface area contributed by atoms with Crippen LogP contribution < -0.4 is 5.43 Å². The number of nitrogens with zero attached hydrogens (tertiary/aromatic N) is 3. The zero-order valence-electron chi connectivity index (χ0n) is 15.8. The molecule has 0 amide bonds. The third-order valence-electron chi connectivity index (χ3n) is 5.00. The molecule has 0 aliphatic carbocycles. The van der Waals surface area contributed by atoms with Crippen LogP contribution in [0.4, 0.5) is 8.78 Å². The van der Waals surface area contributed by atoms with E-state index in [4.69, 9.17) is 0 Å². The number of rotatable bonds is 2. The Labute approximate surface area is 169 Å². The largest absolute Gasteiger partial charge is 0.345 e. The number of aromatic amines is 1. The third-order valence-corrected chi connectivity index (χ3v) is 5.00. The van der Waals surface area contributed by atoms with Gasteiger partial charge in [-0.3, -0.25) is 9.78 Å². The van der Waals surface area contributed by atoms with Gasteiger partial charge in [0.05, 0.1) is 5.69 Å². The molecule has 0 saturated carbocycles. The number of hydrogen-bond acceptors (Lipinski definition) is 4.